The number of pyridine rings is 1. The zero-order valence-electron chi connectivity index (χ0n) is 16.1. The van der Waals surface area contributed by atoms with Crippen molar-refractivity contribution >= 4 is 33.5 Å². The Hall–Kier alpha value is -1.63. The molecule has 0 atom stereocenters. The van der Waals surface area contributed by atoms with Crippen LogP contribution in [0.2, 0.25) is 5.02 Å². The molecule has 2 aromatic rings. The Bertz CT molecular complexity index is 838. The highest BCUT2D eigenvalue weighted by Gasteiger charge is 2.26. The molecule has 7 heteroatoms. The zero-order chi connectivity index (χ0) is 20.1. The summed E-state index contributed by atoms with van der Waals surface area (Å²) in [7, 11) is 1.63. The summed E-state index contributed by atoms with van der Waals surface area (Å²) in [5.74, 6) is 0.537. The smallest absolute Gasteiger partial charge is 0.309 e. The molecule has 150 valence electrons. The third-order valence-corrected chi connectivity index (χ3v) is 6.26. The van der Waals surface area contributed by atoms with Crippen LogP contribution in [0.3, 0.4) is 0 Å². The maximum atomic E-state index is 11.9. The molecule has 28 heavy (non-hydrogen) atoms. The van der Waals surface area contributed by atoms with Crippen molar-refractivity contribution in [1.82, 2.24) is 9.88 Å². The molecule has 0 radical (unpaired) electrons. The van der Waals surface area contributed by atoms with E-state index >= 15 is 0 Å². The van der Waals surface area contributed by atoms with Crippen molar-refractivity contribution in [2.75, 3.05) is 26.8 Å². The standard InChI is InChI=1S/C21H24BrClN2O3/c1-3-28-21(26)14-9-11-25(12-10-14)13-15-7-8-18(24-20(15)27-2)16-5-4-6-17(22)19(16)23/h4-8,14H,3,9-13H2,1-2H3. The predicted octanol–water partition coefficient (Wildman–Crippen LogP) is 4.95. The van der Waals surface area contributed by atoms with Crippen LogP contribution in [0.1, 0.15) is 25.3 Å². The monoisotopic (exact) mass is 466 g/mol. The Morgan fingerprint density at radius 2 is 2.04 bits per heavy atom. The molecule has 0 saturated carbocycles. The van der Waals surface area contributed by atoms with Crippen LogP contribution in [0, 0.1) is 5.92 Å². The molecule has 0 amide bonds. The van der Waals surface area contributed by atoms with Crippen molar-refractivity contribution < 1.29 is 14.3 Å². The Kier molecular flexibility index (Phi) is 7.32. The summed E-state index contributed by atoms with van der Waals surface area (Å²) in [6, 6.07) is 9.78. The number of esters is 1. The number of benzene rings is 1. The van der Waals surface area contributed by atoms with Crippen molar-refractivity contribution in [3.8, 4) is 17.1 Å². The van der Waals surface area contributed by atoms with Gasteiger partial charge in [0.2, 0.25) is 5.88 Å². The van der Waals surface area contributed by atoms with E-state index in [1.807, 2.05) is 37.3 Å². The minimum Gasteiger partial charge on any atom is -0.481 e. The van der Waals surface area contributed by atoms with Crippen LogP contribution >= 0.6 is 27.5 Å². The van der Waals surface area contributed by atoms with Gasteiger partial charge in [-0.05, 0) is 60.9 Å². The summed E-state index contributed by atoms with van der Waals surface area (Å²) in [6.45, 7) is 4.73. The lowest BCUT2D eigenvalue weighted by Gasteiger charge is -2.31. The number of hydrogen-bond donors (Lipinski definition) is 0. The molecule has 1 aliphatic rings. The van der Waals surface area contributed by atoms with E-state index in [9.17, 15) is 4.79 Å². The van der Waals surface area contributed by atoms with E-state index in [-0.39, 0.29) is 11.9 Å². The van der Waals surface area contributed by atoms with Crippen LogP contribution in [0.25, 0.3) is 11.3 Å². The van der Waals surface area contributed by atoms with Gasteiger partial charge in [-0.3, -0.25) is 9.69 Å². The summed E-state index contributed by atoms with van der Waals surface area (Å²) in [5, 5.41) is 0.630. The molecule has 0 N–H and O–H groups in total. The number of ether oxygens (including phenoxy) is 2. The molecule has 1 saturated heterocycles. The van der Waals surface area contributed by atoms with Gasteiger partial charge in [-0.25, -0.2) is 4.98 Å². The first-order valence-electron chi connectivity index (χ1n) is 9.40. The molecular formula is C21H24BrClN2O3. The average molecular weight is 468 g/mol. The lowest BCUT2D eigenvalue weighted by Crippen LogP contribution is -2.36. The van der Waals surface area contributed by atoms with E-state index in [0.29, 0.717) is 17.5 Å². The van der Waals surface area contributed by atoms with Gasteiger partial charge < -0.3 is 9.47 Å². The molecule has 0 unspecified atom stereocenters. The number of halogens is 2. The van der Waals surface area contributed by atoms with Crippen molar-refractivity contribution in [3.05, 3.63) is 45.4 Å². The number of likely N-dealkylation sites (tertiary alicyclic amines) is 1. The summed E-state index contributed by atoms with van der Waals surface area (Å²) < 4.78 is 11.5. The largest absolute Gasteiger partial charge is 0.481 e. The van der Waals surface area contributed by atoms with Gasteiger partial charge in [-0.15, -0.1) is 0 Å². The molecule has 0 bridgehead atoms. The molecule has 2 heterocycles. The molecule has 1 fully saturated rings. The van der Waals surface area contributed by atoms with E-state index in [2.05, 4.69) is 25.8 Å². The number of piperidine rings is 1. The fourth-order valence-corrected chi connectivity index (χ4v) is 4.03. The maximum Gasteiger partial charge on any atom is 0.309 e. The molecule has 5 nitrogen and oxygen atoms in total. The Labute approximate surface area is 179 Å². The Morgan fingerprint density at radius 3 is 2.71 bits per heavy atom. The van der Waals surface area contributed by atoms with Gasteiger partial charge >= 0.3 is 5.97 Å². The minimum atomic E-state index is -0.0725. The maximum absolute atomic E-state index is 11.9. The Morgan fingerprint density at radius 1 is 1.29 bits per heavy atom. The van der Waals surface area contributed by atoms with Gasteiger partial charge in [0.15, 0.2) is 0 Å². The summed E-state index contributed by atoms with van der Waals surface area (Å²) in [5.41, 5.74) is 2.65. The Balaban J connectivity index is 1.70. The van der Waals surface area contributed by atoms with E-state index in [0.717, 1.165) is 53.8 Å². The van der Waals surface area contributed by atoms with E-state index in [1.54, 1.807) is 7.11 Å². The van der Waals surface area contributed by atoms with Gasteiger partial charge in [0, 0.05) is 22.1 Å². The first kappa shape index (κ1) is 21.1. The summed E-state index contributed by atoms with van der Waals surface area (Å²) >= 11 is 9.86. The highest BCUT2D eigenvalue weighted by Crippen LogP contribution is 2.34. The average Bonchev–Trinajstić information content (AvgIpc) is 2.71. The second-order valence-corrected chi connectivity index (χ2v) is 8.00. The van der Waals surface area contributed by atoms with E-state index in [1.165, 1.54) is 0 Å². The van der Waals surface area contributed by atoms with Crippen LogP contribution in [0.15, 0.2) is 34.8 Å². The lowest BCUT2D eigenvalue weighted by atomic mass is 9.96. The van der Waals surface area contributed by atoms with Crippen molar-refractivity contribution in [1.29, 1.82) is 0 Å². The number of hydrogen-bond acceptors (Lipinski definition) is 5. The van der Waals surface area contributed by atoms with Gasteiger partial charge in [0.25, 0.3) is 0 Å². The number of rotatable bonds is 6. The summed E-state index contributed by atoms with van der Waals surface area (Å²) in [4.78, 5) is 18.9. The number of carbonyl (C=O) groups is 1. The fraction of sp³-hybridized carbons (Fsp3) is 0.429. The van der Waals surface area contributed by atoms with Crippen molar-refractivity contribution in [2.45, 2.75) is 26.3 Å². The lowest BCUT2D eigenvalue weighted by molar-refractivity contribution is -0.149. The van der Waals surface area contributed by atoms with Gasteiger partial charge in [-0.1, -0.05) is 29.8 Å². The SMILES string of the molecule is CCOC(=O)C1CCN(Cc2ccc(-c3cccc(Br)c3Cl)nc2OC)CC1. The topological polar surface area (TPSA) is 51.7 Å². The third-order valence-electron chi connectivity index (χ3n) is 4.96. The van der Waals surface area contributed by atoms with Gasteiger partial charge in [-0.2, -0.15) is 0 Å². The number of nitrogens with zero attached hydrogens (tertiary/aromatic N) is 2. The quantitative estimate of drug-likeness (QED) is 0.563. The highest BCUT2D eigenvalue weighted by atomic mass is 79.9. The van der Waals surface area contributed by atoms with Crippen LogP contribution in [0.5, 0.6) is 5.88 Å². The van der Waals surface area contributed by atoms with E-state index < -0.39 is 0 Å². The van der Waals surface area contributed by atoms with Crippen LogP contribution in [-0.4, -0.2) is 42.7 Å². The van der Waals surface area contributed by atoms with Gasteiger partial charge in [0.05, 0.1) is 30.4 Å². The molecular weight excluding hydrogens is 444 g/mol. The first-order chi connectivity index (χ1) is 13.5. The molecule has 0 spiro atoms. The van der Waals surface area contributed by atoms with Crippen molar-refractivity contribution in [2.24, 2.45) is 5.92 Å². The molecule has 1 aromatic heterocycles. The number of methoxy groups -OCH3 is 1. The molecule has 1 aromatic carbocycles. The fourth-order valence-electron chi connectivity index (χ4n) is 3.45. The van der Waals surface area contributed by atoms with Crippen LogP contribution in [-0.2, 0) is 16.1 Å². The minimum absolute atomic E-state index is 0.0114. The van der Waals surface area contributed by atoms with Gasteiger partial charge in [0.1, 0.15) is 0 Å². The second-order valence-electron chi connectivity index (χ2n) is 6.77. The molecule has 1 aliphatic heterocycles. The summed E-state index contributed by atoms with van der Waals surface area (Å²) in [6.07, 6.45) is 1.64. The predicted molar refractivity (Wildman–Crippen MR) is 114 cm³/mol. The number of aromatic nitrogens is 1. The number of carbonyl (C=O) groups excluding carboxylic acids is 1. The van der Waals surface area contributed by atoms with Crippen molar-refractivity contribution in [3.63, 3.8) is 0 Å². The molecule has 0 aliphatic carbocycles. The third kappa shape index (κ3) is 4.85. The van der Waals surface area contributed by atoms with Crippen LogP contribution < -0.4 is 4.74 Å². The first-order valence-corrected chi connectivity index (χ1v) is 10.6. The zero-order valence-corrected chi connectivity index (χ0v) is 18.4. The second kappa shape index (κ2) is 9.72. The highest BCUT2D eigenvalue weighted by molar-refractivity contribution is 9.10. The van der Waals surface area contributed by atoms with Crippen LogP contribution in [0.4, 0.5) is 0 Å². The molecule has 3 rings (SSSR count). The van der Waals surface area contributed by atoms with E-state index in [4.69, 9.17) is 21.1 Å². The normalized spacial score (nSPS) is 15.4.